The summed E-state index contributed by atoms with van der Waals surface area (Å²) in [5, 5.41) is 0. The van der Waals surface area contributed by atoms with Crippen LogP contribution in [-0.4, -0.2) is 13.2 Å². The van der Waals surface area contributed by atoms with Crippen molar-refractivity contribution in [2.45, 2.75) is 24.8 Å². The molecule has 3 unspecified atom stereocenters. The number of ether oxygens (including phenoxy) is 1. The molecule has 3 atom stereocenters. The fraction of sp³-hybridized carbons (Fsp3) is 0.333. The smallest absolute Gasteiger partial charge is 0.165 e. The Kier molecular flexibility index (Phi) is 3.93. The molecule has 2 N–H and O–H groups in total. The van der Waals surface area contributed by atoms with Crippen molar-refractivity contribution < 1.29 is 9.13 Å². The minimum atomic E-state index is -0.322. The predicted octanol–water partition coefficient (Wildman–Crippen LogP) is 3.51. The quantitative estimate of drug-likeness (QED) is 0.912. The normalized spacial score (nSPS) is 21.9. The zero-order valence-electron chi connectivity index (χ0n) is 12.1. The molecule has 1 aliphatic carbocycles. The van der Waals surface area contributed by atoms with Gasteiger partial charge in [-0.2, -0.15) is 0 Å². The molecule has 0 aliphatic heterocycles. The first-order valence-corrected chi connectivity index (χ1v) is 7.32. The highest BCUT2D eigenvalue weighted by Gasteiger charge is 2.42. The van der Waals surface area contributed by atoms with Crippen LogP contribution in [0.2, 0.25) is 0 Å². The second-order valence-electron chi connectivity index (χ2n) is 5.75. The molecule has 21 heavy (non-hydrogen) atoms. The number of methoxy groups -OCH3 is 1. The lowest BCUT2D eigenvalue weighted by Crippen LogP contribution is -2.26. The van der Waals surface area contributed by atoms with Gasteiger partial charge in [-0.05, 0) is 47.9 Å². The van der Waals surface area contributed by atoms with E-state index in [4.69, 9.17) is 10.5 Å². The van der Waals surface area contributed by atoms with Crippen LogP contribution in [0.5, 0.6) is 5.75 Å². The lowest BCUT2D eigenvalue weighted by atomic mass is 9.99. The van der Waals surface area contributed by atoms with Gasteiger partial charge in [0.15, 0.2) is 11.6 Å². The van der Waals surface area contributed by atoms with Crippen molar-refractivity contribution in [3.63, 3.8) is 0 Å². The second-order valence-corrected chi connectivity index (χ2v) is 5.75. The zero-order chi connectivity index (χ0) is 14.8. The van der Waals surface area contributed by atoms with Crippen molar-refractivity contribution in [1.82, 2.24) is 0 Å². The molecule has 0 bridgehead atoms. The van der Waals surface area contributed by atoms with Gasteiger partial charge in [0.1, 0.15) is 0 Å². The average Bonchev–Trinajstić information content (AvgIpc) is 3.29. The third-order valence-corrected chi connectivity index (χ3v) is 4.31. The van der Waals surface area contributed by atoms with Gasteiger partial charge in [0.25, 0.3) is 0 Å². The Morgan fingerprint density at radius 2 is 2.00 bits per heavy atom. The van der Waals surface area contributed by atoms with Crippen LogP contribution < -0.4 is 10.5 Å². The third-order valence-electron chi connectivity index (χ3n) is 4.31. The molecule has 1 fully saturated rings. The molecular weight excluding hydrogens is 265 g/mol. The summed E-state index contributed by atoms with van der Waals surface area (Å²) in [6.07, 6.45) is 1.83. The monoisotopic (exact) mass is 285 g/mol. The zero-order valence-corrected chi connectivity index (χ0v) is 12.1. The van der Waals surface area contributed by atoms with Gasteiger partial charge in [0, 0.05) is 6.04 Å². The maximum Gasteiger partial charge on any atom is 0.165 e. The standard InChI is InChI=1S/C18H20FNO/c1-21-18-8-7-12(9-16(18)19)10-17(20)15-11-14(15)13-5-3-2-4-6-13/h2-9,14-15,17H,10-11,20H2,1H3. The third kappa shape index (κ3) is 3.08. The Bertz CT molecular complexity index is 614. The summed E-state index contributed by atoms with van der Waals surface area (Å²) in [4.78, 5) is 0. The Morgan fingerprint density at radius 1 is 1.24 bits per heavy atom. The molecule has 0 spiro atoms. The molecule has 0 aromatic heterocycles. The summed E-state index contributed by atoms with van der Waals surface area (Å²) in [6.45, 7) is 0. The van der Waals surface area contributed by atoms with Gasteiger partial charge in [-0.25, -0.2) is 4.39 Å². The van der Waals surface area contributed by atoms with Gasteiger partial charge >= 0.3 is 0 Å². The number of halogens is 1. The maximum absolute atomic E-state index is 13.7. The maximum atomic E-state index is 13.7. The Hall–Kier alpha value is -1.87. The molecule has 0 radical (unpaired) electrons. The summed E-state index contributed by atoms with van der Waals surface area (Å²) in [7, 11) is 1.47. The van der Waals surface area contributed by atoms with E-state index in [2.05, 4.69) is 24.3 Å². The van der Waals surface area contributed by atoms with E-state index in [9.17, 15) is 4.39 Å². The van der Waals surface area contributed by atoms with Crippen LogP contribution >= 0.6 is 0 Å². The fourth-order valence-electron chi connectivity index (χ4n) is 3.03. The van der Waals surface area contributed by atoms with Gasteiger partial charge in [0.2, 0.25) is 0 Å². The van der Waals surface area contributed by atoms with E-state index in [1.54, 1.807) is 6.07 Å². The predicted molar refractivity (Wildman–Crippen MR) is 81.9 cm³/mol. The second kappa shape index (κ2) is 5.86. The van der Waals surface area contributed by atoms with Crippen LogP contribution in [0.25, 0.3) is 0 Å². The lowest BCUT2D eigenvalue weighted by molar-refractivity contribution is 0.386. The van der Waals surface area contributed by atoms with E-state index in [1.165, 1.54) is 18.7 Å². The van der Waals surface area contributed by atoms with Crippen molar-refractivity contribution in [2.75, 3.05) is 7.11 Å². The van der Waals surface area contributed by atoms with Gasteiger partial charge in [-0.3, -0.25) is 0 Å². The summed E-state index contributed by atoms with van der Waals surface area (Å²) in [5.74, 6) is 1.01. The molecule has 1 aliphatic rings. The van der Waals surface area contributed by atoms with Crippen LogP contribution in [0.1, 0.15) is 23.5 Å². The Labute approximate surface area is 124 Å². The lowest BCUT2D eigenvalue weighted by Gasteiger charge is -2.12. The topological polar surface area (TPSA) is 35.2 Å². The van der Waals surface area contributed by atoms with E-state index in [1.807, 2.05) is 12.1 Å². The number of rotatable bonds is 5. The molecular formula is C18H20FNO. The number of nitrogens with two attached hydrogens (primary N) is 1. The van der Waals surface area contributed by atoms with Crippen LogP contribution in [0.15, 0.2) is 48.5 Å². The summed E-state index contributed by atoms with van der Waals surface area (Å²) in [5.41, 5.74) is 8.60. The van der Waals surface area contributed by atoms with Crippen LogP contribution in [0.4, 0.5) is 4.39 Å². The van der Waals surface area contributed by atoms with E-state index < -0.39 is 0 Å². The van der Waals surface area contributed by atoms with E-state index >= 15 is 0 Å². The number of hydrogen-bond donors (Lipinski definition) is 1. The van der Waals surface area contributed by atoms with Crippen molar-refractivity contribution in [2.24, 2.45) is 11.7 Å². The van der Waals surface area contributed by atoms with Crippen molar-refractivity contribution in [3.8, 4) is 5.75 Å². The molecule has 3 rings (SSSR count). The molecule has 2 aromatic rings. The van der Waals surface area contributed by atoms with Gasteiger partial charge in [-0.15, -0.1) is 0 Å². The van der Waals surface area contributed by atoms with Gasteiger partial charge in [0.05, 0.1) is 7.11 Å². The fourth-order valence-corrected chi connectivity index (χ4v) is 3.03. The van der Waals surface area contributed by atoms with Crippen LogP contribution in [-0.2, 0) is 6.42 Å². The highest BCUT2D eigenvalue weighted by atomic mass is 19.1. The summed E-state index contributed by atoms with van der Waals surface area (Å²) in [6, 6.07) is 15.6. The molecule has 3 heteroatoms. The Morgan fingerprint density at radius 3 is 2.67 bits per heavy atom. The highest BCUT2D eigenvalue weighted by Crippen LogP contribution is 2.49. The van der Waals surface area contributed by atoms with Gasteiger partial charge < -0.3 is 10.5 Å². The molecule has 2 nitrogen and oxygen atoms in total. The van der Waals surface area contributed by atoms with Crippen LogP contribution in [0, 0.1) is 11.7 Å². The average molecular weight is 285 g/mol. The largest absolute Gasteiger partial charge is 0.494 e. The summed E-state index contributed by atoms with van der Waals surface area (Å²) >= 11 is 0. The Balaban J connectivity index is 1.63. The molecule has 1 saturated carbocycles. The summed E-state index contributed by atoms with van der Waals surface area (Å²) < 4.78 is 18.6. The number of benzene rings is 2. The molecule has 0 saturated heterocycles. The molecule has 2 aromatic carbocycles. The molecule has 110 valence electrons. The van der Waals surface area contributed by atoms with E-state index in [0.29, 0.717) is 18.3 Å². The van der Waals surface area contributed by atoms with Gasteiger partial charge in [-0.1, -0.05) is 36.4 Å². The molecule has 0 heterocycles. The van der Waals surface area contributed by atoms with Crippen LogP contribution in [0.3, 0.4) is 0 Å². The van der Waals surface area contributed by atoms with E-state index in [0.717, 1.165) is 12.0 Å². The first-order chi connectivity index (χ1) is 10.2. The van der Waals surface area contributed by atoms with Crippen molar-refractivity contribution in [3.05, 3.63) is 65.5 Å². The highest BCUT2D eigenvalue weighted by molar-refractivity contribution is 5.31. The minimum Gasteiger partial charge on any atom is -0.494 e. The van der Waals surface area contributed by atoms with E-state index in [-0.39, 0.29) is 17.6 Å². The SMILES string of the molecule is COc1ccc(CC(N)C2CC2c2ccccc2)cc1F. The first kappa shape index (κ1) is 14.1. The van der Waals surface area contributed by atoms with Crippen molar-refractivity contribution in [1.29, 1.82) is 0 Å². The minimum absolute atomic E-state index is 0.0722. The molecule has 0 amide bonds. The van der Waals surface area contributed by atoms with Crippen molar-refractivity contribution >= 4 is 0 Å². The first-order valence-electron chi connectivity index (χ1n) is 7.32. The number of hydrogen-bond acceptors (Lipinski definition) is 2.